The van der Waals surface area contributed by atoms with Gasteiger partial charge in [0.15, 0.2) is 0 Å². The molecule has 0 heterocycles. The number of phenolic OH excluding ortho intramolecular Hbond substituents is 1. The Labute approximate surface area is 108 Å². The van der Waals surface area contributed by atoms with Crippen molar-refractivity contribution in [2.24, 2.45) is 5.92 Å². The summed E-state index contributed by atoms with van der Waals surface area (Å²) >= 11 is 0. The lowest BCUT2D eigenvalue weighted by Crippen LogP contribution is -2.34. The summed E-state index contributed by atoms with van der Waals surface area (Å²) < 4.78 is 0. The quantitative estimate of drug-likeness (QED) is 0.671. The van der Waals surface area contributed by atoms with Crippen molar-refractivity contribution in [3.05, 3.63) is 29.3 Å². The predicted molar refractivity (Wildman–Crippen MR) is 72.4 cm³/mol. The summed E-state index contributed by atoms with van der Waals surface area (Å²) in [5.41, 5.74) is 1.76. The Hall–Kier alpha value is -1.55. The molecule has 100 valence electrons. The van der Waals surface area contributed by atoms with E-state index >= 15 is 0 Å². The van der Waals surface area contributed by atoms with Gasteiger partial charge in [0.25, 0.3) is 0 Å². The molecule has 1 rings (SSSR count). The van der Waals surface area contributed by atoms with Gasteiger partial charge in [-0.05, 0) is 12.5 Å². The maximum atomic E-state index is 11.3. The molecule has 0 bridgehead atoms. The van der Waals surface area contributed by atoms with Crippen LogP contribution in [0.1, 0.15) is 25.0 Å². The summed E-state index contributed by atoms with van der Waals surface area (Å²) in [7, 11) is 0. The van der Waals surface area contributed by atoms with Crippen molar-refractivity contribution in [1.82, 2.24) is 10.6 Å². The highest BCUT2D eigenvalue weighted by Gasteiger charge is 2.05. The minimum absolute atomic E-state index is 0.0193. The first-order valence-electron chi connectivity index (χ1n) is 6.28. The van der Waals surface area contributed by atoms with Gasteiger partial charge in [0.05, 0.1) is 0 Å². The van der Waals surface area contributed by atoms with Crippen molar-refractivity contribution in [3.8, 4) is 5.75 Å². The van der Waals surface area contributed by atoms with Crippen LogP contribution in [0.3, 0.4) is 0 Å². The Balaban J connectivity index is 2.26. The average molecular weight is 250 g/mol. The van der Waals surface area contributed by atoms with Gasteiger partial charge in [-0.3, -0.25) is 4.79 Å². The predicted octanol–water partition coefficient (Wildman–Crippen LogP) is 1.56. The molecule has 4 heteroatoms. The van der Waals surface area contributed by atoms with E-state index in [1.54, 1.807) is 0 Å². The van der Waals surface area contributed by atoms with Crippen molar-refractivity contribution in [1.29, 1.82) is 0 Å². The second-order valence-electron chi connectivity index (χ2n) is 4.71. The summed E-state index contributed by atoms with van der Waals surface area (Å²) in [6.45, 7) is 7.50. The number of hydrogen-bond acceptors (Lipinski definition) is 3. The van der Waals surface area contributed by atoms with Crippen molar-refractivity contribution >= 4 is 5.91 Å². The number of phenols is 1. The Bertz CT molecular complexity index is 403. The Morgan fingerprint density at radius 1 is 1.33 bits per heavy atom. The van der Waals surface area contributed by atoms with Gasteiger partial charge >= 0.3 is 0 Å². The van der Waals surface area contributed by atoms with Gasteiger partial charge in [0.2, 0.25) is 5.91 Å². The van der Waals surface area contributed by atoms with E-state index in [0.29, 0.717) is 25.4 Å². The standard InChI is InChI=1S/C14H22N2O2/c1-10(2)14(18)16-8-7-15-9-12-6-4-5-11(3)13(12)17/h4-6,10,15,17H,7-9H2,1-3H3,(H,16,18). The molecule has 4 nitrogen and oxygen atoms in total. The highest BCUT2D eigenvalue weighted by atomic mass is 16.3. The fourth-order valence-corrected chi connectivity index (χ4v) is 1.56. The van der Waals surface area contributed by atoms with Crippen LogP contribution in [0.4, 0.5) is 0 Å². The molecule has 0 fully saturated rings. The molecular formula is C14H22N2O2. The fraction of sp³-hybridized carbons (Fsp3) is 0.500. The van der Waals surface area contributed by atoms with Crippen LogP contribution < -0.4 is 10.6 Å². The molecule has 0 saturated carbocycles. The average Bonchev–Trinajstić information content (AvgIpc) is 2.33. The van der Waals surface area contributed by atoms with E-state index in [0.717, 1.165) is 11.1 Å². The number of nitrogens with one attached hydrogen (secondary N) is 2. The molecule has 0 unspecified atom stereocenters. The fourth-order valence-electron chi connectivity index (χ4n) is 1.56. The highest BCUT2D eigenvalue weighted by Crippen LogP contribution is 2.20. The SMILES string of the molecule is Cc1cccc(CNCCNC(=O)C(C)C)c1O. The van der Waals surface area contributed by atoms with Crippen LogP contribution >= 0.6 is 0 Å². The maximum absolute atomic E-state index is 11.3. The maximum Gasteiger partial charge on any atom is 0.222 e. The molecule has 0 aromatic heterocycles. The molecule has 0 aliphatic carbocycles. The zero-order chi connectivity index (χ0) is 13.5. The molecule has 0 spiro atoms. The minimum atomic E-state index is 0.0193. The number of para-hydroxylation sites is 1. The number of aryl methyl sites for hydroxylation is 1. The molecule has 1 amide bonds. The summed E-state index contributed by atoms with van der Waals surface area (Å²) in [4.78, 5) is 11.3. The third kappa shape index (κ3) is 4.37. The molecule has 1 aromatic rings. The van der Waals surface area contributed by atoms with E-state index in [1.165, 1.54) is 0 Å². The largest absolute Gasteiger partial charge is 0.507 e. The van der Waals surface area contributed by atoms with Gasteiger partial charge in [0.1, 0.15) is 5.75 Å². The van der Waals surface area contributed by atoms with Gasteiger partial charge in [0, 0.05) is 31.1 Å². The third-order valence-electron chi connectivity index (χ3n) is 2.76. The molecule has 1 aromatic carbocycles. The van der Waals surface area contributed by atoms with Crippen molar-refractivity contribution < 1.29 is 9.90 Å². The van der Waals surface area contributed by atoms with Gasteiger partial charge in [-0.1, -0.05) is 32.0 Å². The molecule has 0 aliphatic heterocycles. The lowest BCUT2D eigenvalue weighted by atomic mass is 10.1. The summed E-state index contributed by atoms with van der Waals surface area (Å²) in [6, 6.07) is 5.69. The number of rotatable bonds is 6. The second kappa shape index (κ2) is 7.01. The molecule has 3 N–H and O–H groups in total. The number of benzene rings is 1. The number of carbonyl (C=O) groups is 1. The van der Waals surface area contributed by atoms with E-state index in [4.69, 9.17) is 0 Å². The van der Waals surface area contributed by atoms with Crippen LogP contribution in [0.25, 0.3) is 0 Å². The smallest absolute Gasteiger partial charge is 0.222 e. The normalized spacial score (nSPS) is 10.7. The molecule has 0 aliphatic rings. The Kier molecular flexibility index (Phi) is 5.65. The highest BCUT2D eigenvalue weighted by molar-refractivity contribution is 5.77. The monoisotopic (exact) mass is 250 g/mol. The number of hydrogen-bond donors (Lipinski definition) is 3. The number of amides is 1. The summed E-state index contributed by atoms with van der Waals surface area (Å²) in [6.07, 6.45) is 0. The lowest BCUT2D eigenvalue weighted by Gasteiger charge is -2.10. The molecule has 0 saturated heterocycles. The molecular weight excluding hydrogens is 228 g/mol. The van der Waals surface area contributed by atoms with Crippen molar-refractivity contribution in [3.63, 3.8) is 0 Å². The van der Waals surface area contributed by atoms with E-state index in [-0.39, 0.29) is 11.8 Å². The van der Waals surface area contributed by atoms with Gasteiger partial charge in [-0.2, -0.15) is 0 Å². The Morgan fingerprint density at radius 2 is 2.06 bits per heavy atom. The zero-order valence-electron chi connectivity index (χ0n) is 11.3. The van der Waals surface area contributed by atoms with Crippen LogP contribution in [0.15, 0.2) is 18.2 Å². The van der Waals surface area contributed by atoms with E-state index in [1.807, 2.05) is 39.0 Å². The van der Waals surface area contributed by atoms with E-state index < -0.39 is 0 Å². The summed E-state index contributed by atoms with van der Waals surface area (Å²) in [5.74, 6) is 0.428. The van der Waals surface area contributed by atoms with Crippen molar-refractivity contribution in [2.45, 2.75) is 27.3 Å². The molecule has 0 atom stereocenters. The molecule has 0 radical (unpaired) electrons. The van der Waals surface area contributed by atoms with Crippen molar-refractivity contribution in [2.75, 3.05) is 13.1 Å². The van der Waals surface area contributed by atoms with Gasteiger partial charge in [-0.15, -0.1) is 0 Å². The van der Waals surface area contributed by atoms with Crippen LogP contribution in [0, 0.1) is 12.8 Å². The first-order chi connectivity index (χ1) is 8.52. The van der Waals surface area contributed by atoms with E-state index in [9.17, 15) is 9.90 Å². The number of carbonyl (C=O) groups excluding carboxylic acids is 1. The molecule has 18 heavy (non-hydrogen) atoms. The van der Waals surface area contributed by atoms with Crippen LogP contribution in [0.5, 0.6) is 5.75 Å². The summed E-state index contributed by atoms with van der Waals surface area (Å²) in [5, 5.41) is 15.8. The third-order valence-corrected chi connectivity index (χ3v) is 2.76. The number of aromatic hydroxyl groups is 1. The second-order valence-corrected chi connectivity index (χ2v) is 4.71. The van der Waals surface area contributed by atoms with Gasteiger partial charge in [-0.25, -0.2) is 0 Å². The van der Waals surface area contributed by atoms with E-state index in [2.05, 4.69) is 10.6 Å². The zero-order valence-corrected chi connectivity index (χ0v) is 11.3. The topological polar surface area (TPSA) is 61.4 Å². The van der Waals surface area contributed by atoms with Crippen LogP contribution in [-0.4, -0.2) is 24.1 Å². The first-order valence-corrected chi connectivity index (χ1v) is 6.28. The minimum Gasteiger partial charge on any atom is -0.507 e. The first kappa shape index (κ1) is 14.5. The lowest BCUT2D eigenvalue weighted by molar-refractivity contribution is -0.123. The van der Waals surface area contributed by atoms with Crippen LogP contribution in [-0.2, 0) is 11.3 Å². The Morgan fingerprint density at radius 3 is 2.72 bits per heavy atom. The van der Waals surface area contributed by atoms with Crippen LogP contribution in [0.2, 0.25) is 0 Å². The van der Waals surface area contributed by atoms with Gasteiger partial charge < -0.3 is 15.7 Å².